The molecule has 0 aliphatic heterocycles. The lowest BCUT2D eigenvalue weighted by molar-refractivity contribution is -0.137. The van der Waals surface area contributed by atoms with Gasteiger partial charge in [0.1, 0.15) is 5.75 Å². The van der Waals surface area contributed by atoms with Crippen LogP contribution < -0.4 is 4.74 Å². The highest BCUT2D eigenvalue weighted by Crippen LogP contribution is 2.29. The van der Waals surface area contributed by atoms with Crippen LogP contribution in [0.1, 0.15) is 24.8 Å². The molecule has 1 unspecified atom stereocenters. The van der Waals surface area contributed by atoms with Crippen molar-refractivity contribution in [1.82, 2.24) is 0 Å². The molecule has 0 spiro atoms. The monoisotopic (exact) mass is 356 g/mol. The standard InChI is InChI=1S/C18H19F3O2S/c19-18(20,21)15-9-11-17(12-10-15)24(22)14-6-2-5-13-23-16-7-3-1-4-8-16/h1,3-4,7-12H,2,5-6,13-14H2. The van der Waals surface area contributed by atoms with Crippen molar-refractivity contribution in [3.05, 3.63) is 60.2 Å². The minimum Gasteiger partial charge on any atom is -0.494 e. The van der Waals surface area contributed by atoms with Gasteiger partial charge in [0.15, 0.2) is 0 Å². The van der Waals surface area contributed by atoms with Gasteiger partial charge in [-0.15, -0.1) is 0 Å². The Morgan fingerprint density at radius 1 is 0.875 bits per heavy atom. The van der Waals surface area contributed by atoms with Gasteiger partial charge < -0.3 is 4.74 Å². The molecule has 0 radical (unpaired) electrons. The molecule has 0 aliphatic rings. The minimum atomic E-state index is -4.36. The fourth-order valence-electron chi connectivity index (χ4n) is 2.13. The first kappa shape index (κ1) is 18.5. The highest BCUT2D eigenvalue weighted by atomic mass is 32.2. The second-order valence-corrected chi connectivity index (χ2v) is 6.86. The SMILES string of the molecule is O=S(CCCCCOc1ccccc1)c1ccc(C(F)(F)F)cc1. The van der Waals surface area contributed by atoms with E-state index in [4.69, 9.17) is 4.74 Å². The van der Waals surface area contributed by atoms with Crippen LogP contribution in [-0.4, -0.2) is 16.6 Å². The van der Waals surface area contributed by atoms with E-state index < -0.39 is 22.5 Å². The van der Waals surface area contributed by atoms with E-state index in [2.05, 4.69) is 0 Å². The zero-order valence-electron chi connectivity index (χ0n) is 13.1. The number of hydrogen-bond donors (Lipinski definition) is 0. The summed E-state index contributed by atoms with van der Waals surface area (Å²) in [7, 11) is -1.27. The quantitative estimate of drug-likeness (QED) is 0.618. The molecule has 2 nitrogen and oxygen atoms in total. The van der Waals surface area contributed by atoms with Crippen molar-refractivity contribution in [2.45, 2.75) is 30.3 Å². The number of ether oxygens (including phenoxy) is 1. The lowest BCUT2D eigenvalue weighted by atomic mass is 10.2. The number of benzene rings is 2. The molecule has 0 bridgehead atoms. The van der Waals surface area contributed by atoms with Crippen LogP contribution in [0, 0.1) is 0 Å². The van der Waals surface area contributed by atoms with Crippen LogP contribution in [-0.2, 0) is 17.0 Å². The maximum atomic E-state index is 12.5. The number of para-hydroxylation sites is 1. The van der Waals surface area contributed by atoms with Gasteiger partial charge in [-0.3, -0.25) is 4.21 Å². The van der Waals surface area contributed by atoms with Crippen molar-refractivity contribution in [2.75, 3.05) is 12.4 Å². The number of alkyl halides is 3. The third kappa shape index (κ3) is 6.00. The molecular formula is C18H19F3O2S. The molecule has 0 saturated heterocycles. The second-order valence-electron chi connectivity index (χ2n) is 5.29. The van der Waals surface area contributed by atoms with Crippen LogP contribution in [0.3, 0.4) is 0 Å². The van der Waals surface area contributed by atoms with Gasteiger partial charge in [0, 0.05) is 10.6 Å². The summed E-state index contributed by atoms with van der Waals surface area (Å²) in [4.78, 5) is 0.434. The predicted octanol–water partition coefficient (Wildman–Crippen LogP) is 5.06. The molecule has 2 aromatic rings. The van der Waals surface area contributed by atoms with Gasteiger partial charge >= 0.3 is 6.18 Å². The Morgan fingerprint density at radius 2 is 1.54 bits per heavy atom. The average molecular weight is 356 g/mol. The maximum absolute atomic E-state index is 12.5. The molecule has 0 N–H and O–H groups in total. The van der Waals surface area contributed by atoms with Crippen LogP contribution in [0.2, 0.25) is 0 Å². The van der Waals surface area contributed by atoms with Crippen LogP contribution in [0.4, 0.5) is 13.2 Å². The lowest BCUT2D eigenvalue weighted by Crippen LogP contribution is -2.05. The molecular weight excluding hydrogens is 337 g/mol. The van der Waals surface area contributed by atoms with Gasteiger partial charge in [-0.05, 0) is 55.7 Å². The van der Waals surface area contributed by atoms with E-state index in [1.165, 1.54) is 12.1 Å². The normalized spacial score (nSPS) is 12.8. The van der Waals surface area contributed by atoms with Gasteiger partial charge in [0.05, 0.1) is 23.0 Å². The van der Waals surface area contributed by atoms with Crippen LogP contribution in [0.25, 0.3) is 0 Å². The molecule has 0 aromatic heterocycles. The molecule has 24 heavy (non-hydrogen) atoms. The van der Waals surface area contributed by atoms with Crippen molar-refractivity contribution >= 4 is 10.8 Å². The van der Waals surface area contributed by atoms with E-state index in [9.17, 15) is 17.4 Å². The van der Waals surface area contributed by atoms with Crippen molar-refractivity contribution in [1.29, 1.82) is 0 Å². The third-order valence-corrected chi connectivity index (χ3v) is 4.89. The molecule has 0 fully saturated rings. The number of unbranched alkanes of at least 4 members (excludes halogenated alkanes) is 2. The Hall–Kier alpha value is -1.82. The summed E-state index contributed by atoms with van der Waals surface area (Å²) >= 11 is 0. The minimum absolute atomic E-state index is 0.434. The molecule has 0 amide bonds. The van der Waals surface area contributed by atoms with E-state index in [-0.39, 0.29) is 0 Å². The molecule has 6 heteroatoms. The van der Waals surface area contributed by atoms with E-state index in [0.717, 1.165) is 37.1 Å². The van der Waals surface area contributed by atoms with E-state index in [1.54, 1.807) is 0 Å². The zero-order valence-corrected chi connectivity index (χ0v) is 13.9. The topological polar surface area (TPSA) is 26.3 Å². The molecule has 1 atom stereocenters. The largest absolute Gasteiger partial charge is 0.494 e. The first-order valence-corrected chi connectivity index (χ1v) is 9.02. The Morgan fingerprint density at radius 3 is 2.17 bits per heavy atom. The number of halogens is 3. The summed E-state index contributed by atoms with van der Waals surface area (Å²) in [6, 6.07) is 14.0. The first-order valence-electron chi connectivity index (χ1n) is 7.70. The molecule has 2 aromatic carbocycles. The molecule has 0 aliphatic carbocycles. The van der Waals surface area contributed by atoms with Gasteiger partial charge in [0.2, 0.25) is 0 Å². The summed E-state index contributed by atoms with van der Waals surface area (Å²) < 4.78 is 55.0. The Labute approximate surface area is 142 Å². The second kappa shape index (κ2) is 8.87. The highest BCUT2D eigenvalue weighted by molar-refractivity contribution is 7.85. The molecule has 0 saturated carbocycles. The summed E-state index contributed by atoms with van der Waals surface area (Å²) in [5.74, 6) is 1.27. The van der Waals surface area contributed by atoms with Crippen LogP contribution in [0.15, 0.2) is 59.5 Å². The fourth-order valence-corrected chi connectivity index (χ4v) is 3.27. The Kier molecular flexibility index (Phi) is 6.85. The van der Waals surface area contributed by atoms with Crippen molar-refractivity contribution in [3.8, 4) is 5.75 Å². The summed E-state index contributed by atoms with van der Waals surface area (Å²) in [5.41, 5.74) is -0.721. The van der Waals surface area contributed by atoms with E-state index in [0.29, 0.717) is 17.3 Å². The summed E-state index contributed by atoms with van der Waals surface area (Å²) in [6.45, 7) is 0.594. The van der Waals surface area contributed by atoms with Gasteiger partial charge in [-0.2, -0.15) is 13.2 Å². The summed E-state index contributed by atoms with van der Waals surface area (Å²) in [5, 5.41) is 0. The van der Waals surface area contributed by atoms with Crippen LogP contribution in [0.5, 0.6) is 5.75 Å². The van der Waals surface area contributed by atoms with Gasteiger partial charge in [-0.25, -0.2) is 0 Å². The molecule has 130 valence electrons. The smallest absolute Gasteiger partial charge is 0.416 e. The van der Waals surface area contributed by atoms with Crippen LogP contribution >= 0.6 is 0 Å². The summed E-state index contributed by atoms with van der Waals surface area (Å²) in [6.07, 6.45) is -1.91. The van der Waals surface area contributed by atoms with Crippen molar-refractivity contribution in [3.63, 3.8) is 0 Å². The number of rotatable bonds is 8. The third-order valence-electron chi connectivity index (χ3n) is 3.43. The molecule has 2 rings (SSSR count). The molecule has 0 heterocycles. The van der Waals surface area contributed by atoms with E-state index >= 15 is 0 Å². The highest BCUT2D eigenvalue weighted by Gasteiger charge is 2.30. The fraction of sp³-hybridized carbons (Fsp3) is 0.333. The Bertz CT molecular complexity index is 640. The number of hydrogen-bond acceptors (Lipinski definition) is 2. The van der Waals surface area contributed by atoms with E-state index in [1.807, 2.05) is 30.3 Å². The lowest BCUT2D eigenvalue weighted by Gasteiger charge is -2.08. The Balaban J connectivity index is 1.66. The van der Waals surface area contributed by atoms with Gasteiger partial charge in [-0.1, -0.05) is 18.2 Å². The maximum Gasteiger partial charge on any atom is 0.416 e. The van der Waals surface area contributed by atoms with Crippen molar-refractivity contribution in [2.24, 2.45) is 0 Å². The first-order chi connectivity index (χ1) is 11.5. The predicted molar refractivity (Wildman–Crippen MR) is 88.5 cm³/mol. The zero-order chi connectivity index (χ0) is 17.4. The van der Waals surface area contributed by atoms with Gasteiger partial charge in [0.25, 0.3) is 0 Å². The van der Waals surface area contributed by atoms with Crippen molar-refractivity contribution < 1.29 is 22.1 Å². The average Bonchev–Trinajstić information content (AvgIpc) is 2.58.